The number of unbranched alkanes of at least 4 members (excludes halogenated alkanes) is 42. The third-order valence-electron chi connectivity index (χ3n) is 15.2. The van der Waals surface area contributed by atoms with Gasteiger partial charge in [-0.15, -0.1) is 0 Å². The first-order valence-electron chi connectivity index (χ1n) is 34.3. The van der Waals surface area contributed by atoms with Gasteiger partial charge in [0.2, 0.25) is 0 Å². The van der Waals surface area contributed by atoms with E-state index in [9.17, 15) is 14.4 Å². The zero-order valence-corrected chi connectivity index (χ0v) is 52.2. The third-order valence-corrected chi connectivity index (χ3v) is 15.2. The molecule has 78 heavy (non-hydrogen) atoms. The van der Waals surface area contributed by atoms with Crippen LogP contribution in [0, 0.1) is 0 Å². The zero-order chi connectivity index (χ0) is 56.4. The van der Waals surface area contributed by atoms with Gasteiger partial charge in [-0.2, -0.15) is 0 Å². The van der Waals surface area contributed by atoms with Crippen molar-refractivity contribution in [2.75, 3.05) is 13.2 Å². The number of hydrogen-bond acceptors (Lipinski definition) is 6. The van der Waals surface area contributed by atoms with Crippen LogP contribution >= 0.6 is 0 Å². The predicted octanol–water partition coefficient (Wildman–Crippen LogP) is 23.5. The molecule has 454 valence electrons. The van der Waals surface area contributed by atoms with Crippen LogP contribution in [-0.4, -0.2) is 37.2 Å². The summed E-state index contributed by atoms with van der Waals surface area (Å²) in [6, 6.07) is 0. The molecular formula is C72H130O6. The Kier molecular flexibility index (Phi) is 64.2. The second kappa shape index (κ2) is 66.6. The molecule has 0 saturated carbocycles. The van der Waals surface area contributed by atoms with E-state index in [4.69, 9.17) is 14.2 Å². The van der Waals surface area contributed by atoms with Crippen molar-refractivity contribution < 1.29 is 28.6 Å². The SMILES string of the molecule is CCC/C=C\CCCCCCCC(=O)OCC(COC(=O)CCCCCCCCCCCCCCC/C=C\C/C=C\CCCCCCC)OC(=O)CCCCCCCCCCCCCCC/C=C\C/C=C\CCCCCCC. The number of hydrogen-bond donors (Lipinski definition) is 0. The summed E-state index contributed by atoms with van der Waals surface area (Å²) in [6.45, 7) is 6.60. The molecule has 6 heteroatoms. The maximum Gasteiger partial charge on any atom is 0.306 e. The van der Waals surface area contributed by atoms with E-state index in [-0.39, 0.29) is 31.1 Å². The lowest BCUT2D eigenvalue weighted by Gasteiger charge is -2.18. The number of allylic oxidation sites excluding steroid dienone is 10. The van der Waals surface area contributed by atoms with Crippen molar-refractivity contribution in [1.82, 2.24) is 0 Å². The highest BCUT2D eigenvalue weighted by molar-refractivity contribution is 5.71. The molecule has 0 saturated heterocycles. The summed E-state index contributed by atoms with van der Waals surface area (Å²) < 4.78 is 16.9. The molecule has 0 aliphatic carbocycles. The van der Waals surface area contributed by atoms with Crippen molar-refractivity contribution in [2.45, 2.75) is 367 Å². The van der Waals surface area contributed by atoms with Gasteiger partial charge in [-0.05, 0) is 103 Å². The zero-order valence-electron chi connectivity index (χ0n) is 52.2. The van der Waals surface area contributed by atoms with Gasteiger partial charge in [0.1, 0.15) is 13.2 Å². The van der Waals surface area contributed by atoms with E-state index in [0.717, 1.165) is 83.5 Å². The minimum absolute atomic E-state index is 0.0748. The highest BCUT2D eigenvalue weighted by atomic mass is 16.6. The lowest BCUT2D eigenvalue weighted by atomic mass is 10.0. The van der Waals surface area contributed by atoms with Gasteiger partial charge in [-0.3, -0.25) is 14.4 Å². The fraction of sp³-hybridized carbons (Fsp3) is 0.819. The minimum Gasteiger partial charge on any atom is -0.462 e. The van der Waals surface area contributed by atoms with Crippen LogP contribution in [0.4, 0.5) is 0 Å². The summed E-state index contributed by atoms with van der Waals surface area (Å²) in [7, 11) is 0. The molecule has 0 radical (unpaired) electrons. The smallest absolute Gasteiger partial charge is 0.306 e. The predicted molar refractivity (Wildman–Crippen MR) is 339 cm³/mol. The van der Waals surface area contributed by atoms with E-state index in [0.29, 0.717) is 19.3 Å². The summed E-state index contributed by atoms with van der Waals surface area (Å²) in [4.78, 5) is 38.3. The summed E-state index contributed by atoms with van der Waals surface area (Å²) in [5, 5.41) is 0. The molecule has 0 aliphatic rings. The first-order chi connectivity index (χ1) is 38.5. The highest BCUT2D eigenvalue weighted by Gasteiger charge is 2.19. The molecular weight excluding hydrogens is 961 g/mol. The van der Waals surface area contributed by atoms with E-state index >= 15 is 0 Å². The van der Waals surface area contributed by atoms with E-state index in [1.165, 1.54) is 238 Å². The van der Waals surface area contributed by atoms with Crippen molar-refractivity contribution in [3.63, 3.8) is 0 Å². The van der Waals surface area contributed by atoms with Crippen LogP contribution in [0.1, 0.15) is 361 Å². The average Bonchev–Trinajstić information content (AvgIpc) is 3.44. The van der Waals surface area contributed by atoms with Crippen molar-refractivity contribution in [3.8, 4) is 0 Å². The van der Waals surface area contributed by atoms with Crippen molar-refractivity contribution >= 4 is 17.9 Å². The molecule has 0 rings (SSSR count). The molecule has 0 aromatic heterocycles. The highest BCUT2D eigenvalue weighted by Crippen LogP contribution is 2.17. The summed E-state index contributed by atoms with van der Waals surface area (Å²) in [6.07, 6.45) is 85.4. The first-order valence-corrected chi connectivity index (χ1v) is 34.3. The molecule has 6 nitrogen and oxygen atoms in total. The third kappa shape index (κ3) is 63.9. The van der Waals surface area contributed by atoms with Crippen molar-refractivity contribution in [1.29, 1.82) is 0 Å². The first kappa shape index (κ1) is 75.1. The number of carbonyl (C=O) groups is 3. The Morgan fingerprint density at radius 2 is 0.487 bits per heavy atom. The fourth-order valence-corrected chi connectivity index (χ4v) is 10.0. The van der Waals surface area contributed by atoms with Gasteiger partial charge in [0, 0.05) is 19.3 Å². The summed E-state index contributed by atoms with van der Waals surface area (Å²) in [5.74, 6) is -0.869. The Morgan fingerprint density at radius 3 is 0.769 bits per heavy atom. The molecule has 0 N–H and O–H groups in total. The van der Waals surface area contributed by atoms with Crippen molar-refractivity contribution in [2.24, 2.45) is 0 Å². The number of rotatable bonds is 63. The van der Waals surface area contributed by atoms with Crippen LogP contribution in [0.5, 0.6) is 0 Å². The maximum atomic E-state index is 12.9. The molecule has 0 fully saturated rings. The lowest BCUT2D eigenvalue weighted by Crippen LogP contribution is -2.30. The number of carbonyl (C=O) groups excluding carboxylic acids is 3. The van der Waals surface area contributed by atoms with Gasteiger partial charge in [-0.1, -0.05) is 300 Å². The number of esters is 3. The summed E-state index contributed by atoms with van der Waals surface area (Å²) in [5.41, 5.74) is 0. The van der Waals surface area contributed by atoms with Crippen LogP contribution in [0.3, 0.4) is 0 Å². The quantitative estimate of drug-likeness (QED) is 0.0261. The monoisotopic (exact) mass is 1090 g/mol. The standard InChI is InChI=1S/C72H130O6/c1-4-7-10-13-16-19-22-24-26-28-30-32-34-36-38-40-42-44-46-48-50-53-56-59-62-65-71(74)77-68-69(67-76-70(73)64-61-58-55-52-21-18-15-12-9-6-3)78-72(75)66-63-60-57-54-51-49-47-45-43-41-39-37-35-33-31-29-27-25-23-20-17-14-11-8-5-2/h12,15,22-25,28-31,69H,4-11,13-14,16-21,26-27,32-68H2,1-3H3/b15-12-,24-22-,25-23-,30-28-,31-29-. The van der Waals surface area contributed by atoms with Crippen LogP contribution in [0.2, 0.25) is 0 Å². The van der Waals surface area contributed by atoms with E-state index in [1.807, 2.05) is 0 Å². The van der Waals surface area contributed by atoms with Gasteiger partial charge in [0.15, 0.2) is 6.10 Å². The normalized spacial score (nSPS) is 12.4. The molecule has 0 spiro atoms. The van der Waals surface area contributed by atoms with Gasteiger partial charge in [0.05, 0.1) is 0 Å². The van der Waals surface area contributed by atoms with Crippen molar-refractivity contribution in [3.05, 3.63) is 60.8 Å². The second-order valence-electron chi connectivity index (χ2n) is 23.1. The second-order valence-corrected chi connectivity index (χ2v) is 23.1. The molecule has 0 aromatic carbocycles. The van der Waals surface area contributed by atoms with E-state index < -0.39 is 6.10 Å². The average molecular weight is 1090 g/mol. The lowest BCUT2D eigenvalue weighted by molar-refractivity contribution is -0.167. The topological polar surface area (TPSA) is 78.9 Å². The Hall–Kier alpha value is -2.89. The largest absolute Gasteiger partial charge is 0.462 e. The molecule has 1 atom stereocenters. The Labute approximate surface area is 485 Å². The molecule has 1 unspecified atom stereocenters. The van der Waals surface area contributed by atoms with E-state index in [2.05, 4.69) is 81.5 Å². The Morgan fingerprint density at radius 1 is 0.256 bits per heavy atom. The van der Waals surface area contributed by atoms with Gasteiger partial charge >= 0.3 is 17.9 Å². The molecule has 0 bridgehead atoms. The molecule has 0 amide bonds. The van der Waals surface area contributed by atoms with E-state index in [1.54, 1.807) is 0 Å². The van der Waals surface area contributed by atoms with Gasteiger partial charge in [0.25, 0.3) is 0 Å². The molecule has 0 heterocycles. The van der Waals surface area contributed by atoms with Crippen LogP contribution < -0.4 is 0 Å². The van der Waals surface area contributed by atoms with Gasteiger partial charge in [-0.25, -0.2) is 0 Å². The number of ether oxygens (including phenoxy) is 3. The fourth-order valence-electron chi connectivity index (χ4n) is 10.0. The molecule has 0 aromatic rings. The van der Waals surface area contributed by atoms with Crippen LogP contribution in [0.15, 0.2) is 60.8 Å². The molecule has 0 aliphatic heterocycles. The Balaban J connectivity index is 4.18. The van der Waals surface area contributed by atoms with Gasteiger partial charge < -0.3 is 14.2 Å². The summed E-state index contributed by atoms with van der Waals surface area (Å²) >= 11 is 0. The maximum absolute atomic E-state index is 12.9. The minimum atomic E-state index is -0.778. The van der Waals surface area contributed by atoms with Crippen LogP contribution in [0.25, 0.3) is 0 Å². The Bertz CT molecular complexity index is 1390. The van der Waals surface area contributed by atoms with Crippen LogP contribution in [-0.2, 0) is 28.6 Å².